The molecule has 0 aromatic heterocycles. The monoisotopic (exact) mass is 286 g/mol. The van der Waals surface area contributed by atoms with E-state index in [9.17, 15) is 18.4 Å². The van der Waals surface area contributed by atoms with Crippen LogP contribution in [0.1, 0.15) is 32.4 Å². The summed E-state index contributed by atoms with van der Waals surface area (Å²) >= 11 is 0. The summed E-state index contributed by atoms with van der Waals surface area (Å²) in [6.07, 6.45) is -2.16. The van der Waals surface area contributed by atoms with Crippen LogP contribution in [0.2, 0.25) is 0 Å². The highest BCUT2D eigenvalue weighted by Gasteiger charge is 2.51. The fraction of sp³-hybridized carbons (Fsp3) is 0.429. The number of hydrogen-bond acceptors (Lipinski definition) is 3. The molecule has 0 bridgehead atoms. The van der Waals surface area contributed by atoms with Gasteiger partial charge >= 0.3 is 17.9 Å². The third kappa shape index (κ3) is 3.53. The molecule has 0 aliphatic carbocycles. The van der Waals surface area contributed by atoms with Gasteiger partial charge in [-0.25, -0.2) is 4.79 Å². The summed E-state index contributed by atoms with van der Waals surface area (Å²) in [7, 11) is 0. The molecule has 1 rings (SSSR count). The maximum absolute atomic E-state index is 13.8. The van der Waals surface area contributed by atoms with Crippen LogP contribution in [0.4, 0.5) is 8.78 Å². The number of esters is 1. The number of carbonyl (C=O) groups is 2. The zero-order chi connectivity index (χ0) is 15.6. The molecule has 1 atom stereocenters. The van der Waals surface area contributed by atoms with E-state index in [0.717, 1.165) is 0 Å². The van der Waals surface area contributed by atoms with Crippen molar-refractivity contribution < 1.29 is 28.2 Å². The van der Waals surface area contributed by atoms with Crippen LogP contribution < -0.4 is 0 Å². The molecule has 0 radical (unpaired) electrons. The van der Waals surface area contributed by atoms with Crippen molar-refractivity contribution >= 4 is 11.9 Å². The number of carboxylic acids is 1. The van der Waals surface area contributed by atoms with E-state index in [1.807, 2.05) is 0 Å². The molecule has 0 saturated carbocycles. The van der Waals surface area contributed by atoms with Crippen molar-refractivity contribution in [2.45, 2.75) is 32.8 Å². The normalized spacial score (nSPS) is 13.7. The summed E-state index contributed by atoms with van der Waals surface area (Å²) in [5.74, 6) is -7.44. The summed E-state index contributed by atoms with van der Waals surface area (Å²) in [6, 6.07) is 7.09. The van der Waals surface area contributed by atoms with Gasteiger partial charge in [-0.3, -0.25) is 4.79 Å². The number of aliphatic carboxylic acids is 1. The standard InChI is InChI=1S/C14H16F2O4/c1-13(2,3)12(19)20-10(14(15,16)11(17)18)9-7-5-4-6-8-9/h4-8,10H,1-3H3,(H,17,18). The van der Waals surface area contributed by atoms with Crippen LogP contribution in [0.3, 0.4) is 0 Å². The average Bonchev–Trinajstić information content (AvgIpc) is 2.35. The minimum atomic E-state index is -4.21. The van der Waals surface area contributed by atoms with E-state index in [1.54, 1.807) is 6.07 Å². The minimum absolute atomic E-state index is 0.0718. The van der Waals surface area contributed by atoms with Gasteiger partial charge in [0.2, 0.25) is 6.10 Å². The Balaban J connectivity index is 3.17. The molecule has 1 aromatic rings. The molecular weight excluding hydrogens is 270 g/mol. The first-order valence-corrected chi connectivity index (χ1v) is 5.94. The fourth-order valence-corrected chi connectivity index (χ4v) is 1.38. The quantitative estimate of drug-likeness (QED) is 0.864. The Morgan fingerprint density at radius 1 is 1.15 bits per heavy atom. The highest BCUT2D eigenvalue weighted by Crippen LogP contribution is 2.36. The topological polar surface area (TPSA) is 63.6 Å². The largest absolute Gasteiger partial charge is 0.477 e. The van der Waals surface area contributed by atoms with Gasteiger partial charge in [-0.2, -0.15) is 8.78 Å². The summed E-state index contributed by atoms with van der Waals surface area (Å²) < 4.78 is 32.3. The molecule has 0 saturated heterocycles. The maximum atomic E-state index is 13.8. The number of rotatable bonds is 4. The lowest BCUT2D eigenvalue weighted by atomic mass is 9.96. The van der Waals surface area contributed by atoms with Crippen molar-refractivity contribution in [3.63, 3.8) is 0 Å². The van der Waals surface area contributed by atoms with Crippen molar-refractivity contribution in [3.8, 4) is 0 Å². The van der Waals surface area contributed by atoms with Gasteiger partial charge in [0, 0.05) is 0 Å². The Bertz CT molecular complexity index is 492. The van der Waals surface area contributed by atoms with E-state index in [2.05, 4.69) is 0 Å². The van der Waals surface area contributed by atoms with Gasteiger partial charge in [-0.1, -0.05) is 30.3 Å². The second kappa shape index (κ2) is 5.56. The van der Waals surface area contributed by atoms with Crippen LogP contribution in [0, 0.1) is 5.41 Å². The molecule has 0 fully saturated rings. The summed E-state index contributed by atoms with van der Waals surface area (Å²) in [6.45, 7) is 4.49. The average molecular weight is 286 g/mol. The second-order valence-electron chi connectivity index (χ2n) is 5.37. The van der Waals surface area contributed by atoms with Gasteiger partial charge in [0.25, 0.3) is 0 Å². The van der Waals surface area contributed by atoms with Crippen LogP contribution in [0.5, 0.6) is 0 Å². The first-order chi connectivity index (χ1) is 9.06. The van der Waals surface area contributed by atoms with Crippen molar-refractivity contribution in [2.24, 2.45) is 5.41 Å². The molecular formula is C14H16F2O4. The molecule has 20 heavy (non-hydrogen) atoms. The van der Waals surface area contributed by atoms with Crippen LogP contribution in [-0.4, -0.2) is 23.0 Å². The van der Waals surface area contributed by atoms with E-state index in [4.69, 9.17) is 9.84 Å². The highest BCUT2D eigenvalue weighted by atomic mass is 19.3. The lowest BCUT2D eigenvalue weighted by Crippen LogP contribution is -2.40. The molecule has 0 spiro atoms. The summed E-state index contributed by atoms with van der Waals surface area (Å²) in [5, 5.41) is 8.65. The predicted octanol–water partition coefficient (Wildman–Crippen LogP) is 3.04. The van der Waals surface area contributed by atoms with E-state index in [1.165, 1.54) is 45.0 Å². The Kier molecular flexibility index (Phi) is 4.47. The molecule has 0 aliphatic rings. The minimum Gasteiger partial charge on any atom is -0.477 e. The van der Waals surface area contributed by atoms with Crippen molar-refractivity contribution in [2.75, 3.05) is 0 Å². The SMILES string of the molecule is CC(C)(C)C(=O)OC(c1ccccc1)C(F)(F)C(=O)O. The Morgan fingerprint density at radius 3 is 2.05 bits per heavy atom. The number of carboxylic acid groups (broad SMARTS) is 1. The van der Waals surface area contributed by atoms with Crippen LogP contribution in [0.25, 0.3) is 0 Å². The number of carbonyl (C=O) groups excluding carboxylic acids is 1. The highest BCUT2D eigenvalue weighted by molar-refractivity contribution is 5.79. The Labute approximate surface area is 115 Å². The van der Waals surface area contributed by atoms with E-state index >= 15 is 0 Å². The number of halogens is 2. The number of hydrogen-bond donors (Lipinski definition) is 1. The van der Waals surface area contributed by atoms with Gasteiger partial charge in [-0.15, -0.1) is 0 Å². The molecule has 0 aliphatic heterocycles. The summed E-state index contributed by atoms with van der Waals surface area (Å²) in [4.78, 5) is 22.5. The van der Waals surface area contributed by atoms with Gasteiger partial charge in [0.05, 0.1) is 5.41 Å². The smallest absolute Gasteiger partial charge is 0.382 e. The molecule has 4 nitrogen and oxygen atoms in total. The molecule has 0 amide bonds. The fourth-order valence-electron chi connectivity index (χ4n) is 1.38. The van der Waals surface area contributed by atoms with Gasteiger partial charge < -0.3 is 9.84 Å². The third-order valence-corrected chi connectivity index (χ3v) is 2.55. The lowest BCUT2D eigenvalue weighted by Gasteiger charge is -2.27. The molecule has 110 valence electrons. The molecule has 6 heteroatoms. The third-order valence-electron chi connectivity index (χ3n) is 2.55. The van der Waals surface area contributed by atoms with E-state index in [-0.39, 0.29) is 5.56 Å². The maximum Gasteiger partial charge on any atom is 0.382 e. The van der Waals surface area contributed by atoms with Crippen LogP contribution in [-0.2, 0) is 14.3 Å². The second-order valence-corrected chi connectivity index (χ2v) is 5.37. The summed E-state index contributed by atoms with van der Waals surface area (Å²) in [5.41, 5.74) is -1.08. The van der Waals surface area contributed by atoms with E-state index in [0.29, 0.717) is 0 Å². The van der Waals surface area contributed by atoms with Gasteiger partial charge in [0.1, 0.15) is 0 Å². The van der Waals surface area contributed by atoms with Crippen LogP contribution >= 0.6 is 0 Å². The molecule has 1 N–H and O–H groups in total. The molecule has 1 aromatic carbocycles. The zero-order valence-corrected chi connectivity index (χ0v) is 11.4. The Morgan fingerprint density at radius 2 is 1.65 bits per heavy atom. The first kappa shape index (κ1) is 16.1. The lowest BCUT2D eigenvalue weighted by molar-refractivity contribution is -0.198. The zero-order valence-electron chi connectivity index (χ0n) is 11.4. The van der Waals surface area contributed by atoms with Crippen LogP contribution in [0.15, 0.2) is 30.3 Å². The first-order valence-electron chi connectivity index (χ1n) is 5.94. The number of ether oxygens (including phenoxy) is 1. The van der Waals surface area contributed by atoms with Gasteiger partial charge in [0.15, 0.2) is 0 Å². The Hall–Kier alpha value is -1.98. The molecule has 1 unspecified atom stereocenters. The van der Waals surface area contributed by atoms with Crippen molar-refractivity contribution in [1.29, 1.82) is 0 Å². The van der Waals surface area contributed by atoms with Crippen molar-refractivity contribution in [3.05, 3.63) is 35.9 Å². The predicted molar refractivity (Wildman–Crippen MR) is 67.3 cm³/mol. The molecule has 0 heterocycles. The van der Waals surface area contributed by atoms with Gasteiger partial charge in [-0.05, 0) is 26.3 Å². The number of alkyl halides is 2. The van der Waals surface area contributed by atoms with E-state index < -0.39 is 29.4 Å². The number of benzene rings is 1. The van der Waals surface area contributed by atoms with Crippen molar-refractivity contribution in [1.82, 2.24) is 0 Å².